The van der Waals surface area contributed by atoms with Crippen LogP contribution in [0.2, 0.25) is 0 Å². The van der Waals surface area contributed by atoms with Gasteiger partial charge in [0.2, 0.25) is 5.91 Å². The number of amides is 1. The van der Waals surface area contributed by atoms with Gasteiger partial charge in [-0.05, 0) is 38.6 Å². The zero-order valence-corrected chi connectivity index (χ0v) is 12.3. The maximum absolute atomic E-state index is 12.3. The van der Waals surface area contributed by atoms with Crippen molar-refractivity contribution in [1.82, 2.24) is 4.90 Å². The highest BCUT2D eigenvalue weighted by molar-refractivity contribution is 5.94. The first kappa shape index (κ1) is 14.7. The number of methoxy groups -OCH3 is 2. The fraction of sp³-hybridized carbons (Fsp3) is 0.533. The quantitative estimate of drug-likeness (QED) is 0.915. The lowest BCUT2D eigenvalue weighted by Crippen LogP contribution is -2.38. The second-order valence-corrected chi connectivity index (χ2v) is 5.16. The van der Waals surface area contributed by atoms with Gasteiger partial charge in [0, 0.05) is 12.6 Å². The summed E-state index contributed by atoms with van der Waals surface area (Å²) in [4.78, 5) is 14.5. The Balaban J connectivity index is 2.07. The monoisotopic (exact) mass is 278 g/mol. The van der Waals surface area contributed by atoms with Gasteiger partial charge in [-0.3, -0.25) is 4.79 Å². The van der Waals surface area contributed by atoms with Crippen LogP contribution in [-0.4, -0.2) is 45.2 Å². The van der Waals surface area contributed by atoms with Crippen molar-refractivity contribution in [2.75, 3.05) is 39.7 Å². The van der Waals surface area contributed by atoms with Gasteiger partial charge in [-0.25, -0.2) is 0 Å². The lowest BCUT2D eigenvalue weighted by Gasteiger charge is -2.28. The molecular weight excluding hydrogens is 256 g/mol. The molecule has 1 aliphatic rings. The van der Waals surface area contributed by atoms with E-state index in [1.54, 1.807) is 20.3 Å². The zero-order chi connectivity index (χ0) is 14.5. The van der Waals surface area contributed by atoms with E-state index in [1.807, 2.05) is 19.2 Å². The standard InChI is InChI=1S/C15H22N2O3/c1-17-8-4-5-11(10-17)15(18)16-13-7-6-12(19-2)9-14(13)20-3/h6-7,9,11H,4-5,8,10H2,1-3H3,(H,16,18)/t11-/m1/s1. The Morgan fingerprint density at radius 3 is 2.80 bits per heavy atom. The van der Waals surface area contributed by atoms with Crippen LogP contribution in [0.1, 0.15) is 12.8 Å². The number of carbonyl (C=O) groups excluding carboxylic acids is 1. The SMILES string of the molecule is COc1ccc(NC(=O)[C@@H]2CCCN(C)C2)c(OC)c1. The largest absolute Gasteiger partial charge is 0.497 e. The van der Waals surface area contributed by atoms with Gasteiger partial charge in [0.05, 0.1) is 25.8 Å². The highest BCUT2D eigenvalue weighted by atomic mass is 16.5. The Hall–Kier alpha value is -1.75. The van der Waals surface area contributed by atoms with Gasteiger partial charge in [-0.15, -0.1) is 0 Å². The summed E-state index contributed by atoms with van der Waals surface area (Å²) < 4.78 is 10.4. The summed E-state index contributed by atoms with van der Waals surface area (Å²) in [6, 6.07) is 5.38. The van der Waals surface area contributed by atoms with E-state index in [0.717, 1.165) is 25.9 Å². The van der Waals surface area contributed by atoms with Gasteiger partial charge in [0.1, 0.15) is 11.5 Å². The molecule has 1 fully saturated rings. The van der Waals surface area contributed by atoms with Crippen molar-refractivity contribution in [1.29, 1.82) is 0 Å². The van der Waals surface area contributed by atoms with E-state index in [1.165, 1.54) is 0 Å². The smallest absolute Gasteiger partial charge is 0.228 e. The molecule has 1 N–H and O–H groups in total. The minimum Gasteiger partial charge on any atom is -0.497 e. The summed E-state index contributed by atoms with van der Waals surface area (Å²) in [7, 11) is 5.23. The van der Waals surface area contributed by atoms with Crippen LogP contribution in [0.3, 0.4) is 0 Å². The van der Waals surface area contributed by atoms with Crippen molar-refractivity contribution in [3.63, 3.8) is 0 Å². The molecule has 1 aromatic carbocycles. The Kier molecular flexibility index (Phi) is 4.84. The number of carbonyl (C=O) groups is 1. The molecular formula is C15H22N2O3. The third-order valence-electron chi connectivity index (χ3n) is 3.66. The fourth-order valence-corrected chi connectivity index (χ4v) is 2.52. The molecule has 1 aromatic rings. The van der Waals surface area contributed by atoms with Crippen molar-refractivity contribution < 1.29 is 14.3 Å². The molecule has 0 spiro atoms. The predicted octanol–water partition coefficient (Wildman–Crippen LogP) is 1.98. The van der Waals surface area contributed by atoms with E-state index in [0.29, 0.717) is 17.2 Å². The van der Waals surface area contributed by atoms with Crippen LogP contribution in [0.4, 0.5) is 5.69 Å². The van der Waals surface area contributed by atoms with Crippen molar-refractivity contribution in [2.24, 2.45) is 5.92 Å². The summed E-state index contributed by atoms with van der Waals surface area (Å²) in [6.07, 6.45) is 2.00. The number of benzene rings is 1. The molecule has 1 atom stereocenters. The van der Waals surface area contributed by atoms with Crippen molar-refractivity contribution in [3.8, 4) is 11.5 Å². The number of nitrogens with one attached hydrogen (secondary N) is 1. The molecule has 0 aromatic heterocycles. The van der Waals surface area contributed by atoms with E-state index in [9.17, 15) is 4.79 Å². The van der Waals surface area contributed by atoms with Crippen molar-refractivity contribution in [2.45, 2.75) is 12.8 Å². The lowest BCUT2D eigenvalue weighted by atomic mass is 9.97. The lowest BCUT2D eigenvalue weighted by molar-refractivity contribution is -0.121. The minimum atomic E-state index is 0.0422. The number of anilines is 1. The molecule has 1 saturated heterocycles. The number of nitrogens with zero attached hydrogens (tertiary/aromatic N) is 1. The van der Waals surface area contributed by atoms with E-state index >= 15 is 0 Å². The normalized spacial score (nSPS) is 19.4. The molecule has 0 aliphatic carbocycles. The Labute approximate surface area is 119 Å². The average molecular weight is 278 g/mol. The molecule has 1 amide bonds. The number of rotatable bonds is 4. The predicted molar refractivity (Wildman–Crippen MR) is 78.4 cm³/mol. The van der Waals surface area contributed by atoms with Crippen LogP contribution in [0.5, 0.6) is 11.5 Å². The maximum Gasteiger partial charge on any atom is 0.228 e. The summed E-state index contributed by atoms with van der Waals surface area (Å²) in [5.74, 6) is 1.42. The molecule has 0 radical (unpaired) electrons. The summed E-state index contributed by atoms with van der Waals surface area (Å²) in [5.41, 5.74) is 0.687. The molecule has 0 bridgehead atoms. The number of piperidine rings is 1. The molecule has 2 rings (SSSR count). The molecule has 5 nitrogen and oxygen atoms in total. The third kappa shape index (κ3) is 3.42. The van der Waals surface area contributed by atoms with Crippen molar-refractivity contribution >= 4 is 11.6 Å². The first-order valence-electron chi connectivity index (χ1n) is 6.85. The van der Waals surface area contributed by atoms with E-state index < -0.39 is 0 Å². The van der Waals surface area contributed by atoms with Gasteiger partial charge >= 0.3 is 0 Å². The van der Waals surface area contributed by atoms with Gasteiger partial charge in [-0.1, -0.05) is 0 Å². The van der Waals surface area contributed by atoms with Crippen LogP contribution in [0.25, 0.3) is 0 Å². The molecule has 20 heavy (non-hydrogen) atoms. The molecule has 110 valence electrons. The maximum atomic E-state index is 12.3. The van der Waals surface area contributed by atoms with Gasteiger partial charge in [0.25, 0.3) is 0 Å². The highest BCUT2D eigenvalue weighted by Crippen LogP contribution is 2.30. The first-order chi connectivity index (χ1) is 9.63. The van der Waals surface area contributed by atoms with Crippen molar-refractivity contribution in [3.05, 3.63) is 18.2 Å². The van der Waals surface area contributed by atoms with E-state index in [-0.39, 0.29) is 11.8 Å². The van der Waals surface area contributed by atoms with Crippen LogP contribution in [0.15, 0.2) is 18.2 Å². The van der Waals surface area contributed by atoms with E-state index in [4.69, 9.17) is 9.47 Å². The summed E-state index contributed by atoms with van der Waals surface area (Å²) in [5, 5.41) is 2.96. The first-order valence-corrected chi connectivity index (χ1v) is 6.85. The molecule has 5 heteroatoms. The third-order valence-corrected chi connectivity index (χ3v) is 3.66. The molecule has 1 aliphatic heterocycles. The average Bonchev–Trinajstić information content (AvgIpc) is 2.47. The second kappa shape index (κ2) is 6.61. The van der Waals surface area contributed by atoms with Crippen LogP contribution in [0, 0.1) is 5.92 Å². The zero-order valence-electron chi connectivity index (χ0n) is 12.3. The number of likely N-dealkylation sites (tertiary alicyclic amines) is 1. The summed E-state index contributed by atoms with van der Waals surface area (Å²) >= 11 is 0. The number of hydrogen-bond acceptors (Lipinski definition) is 4. The molecule has 0 saturated carbocycles. The van der Waals surface area contributed by atoms with Gasteiger partial charge in [0.15, 0.2) is 0 Å². The highest BCUT2D eigenvalue weighted by Gasteiger charge is 2.24. The fourth-order valence-electron chi connectivity index (χ4n) is 2.52. The second-order valence-electron chi connectivity index (χ2n) is 5.16. The Morgan fingerprint density at radius 1 is 1.35 bits per heavy atom. The topological polar surface area (TPSA) is 50.8 Å². The van der Waals surface area contributed by atoms with Gasteiger partial charge in [-0.2, -0.15) is 0 Å². The van der Waals surface area contributed by atoms with Gasteiger partial charge < -0.3 is 19.7 Å². The Morgan fingerprint density at radius 2 is 2.15 bits per heavy atom. The van der Waals surface area contributed by atoms with Crippen LogP contribution < -0.4 is 14.8 Å². The summed E-state index contributed by atoms with van der Waals surface area (Å²) in [6.45, 7) is 1.87. The van der Waals surface area contributed by atoms with Crippen LogP contribution >= 0.6 is 0 Å². The minimum absolute atomic E-state index is 0.0422. The Bertz CT molecular complexity index is 476. The molecule has 1 heterocycles. The number of hydrogen-bond donors (Lipinski definition) is 1. The van der Waals surface area contributed by atoms with Crippen LogP contribution in [-0.2, 0) is 4.79 Å². The van der Waals surface area contributed by atoms with E-state index in [2.05, 4.69) is 10.2 Å². The molecule has 0 unspecified atom stereocenters. The number of ether oxygens (including phenoxy) is 2.